The number of benzene rings is 1. The molecule has 1 fully saturated rings. The van der Waals surface area contributed by atoms with E-state index in [9.17, 15) is 27.9 Å². The molecular weight excluding hydrogens is 348 g/mol. The number of rotatable bonds is 3. The van der Waals surface area contributed by atoms with Crippen LogP contribution >= 0.6 is 0 Å². The van der Waals surface area contributed by atoms with Gasteiger partial charge in [0.2, 0.25) is 0 Å². The van der Waals surface area contributed by atoms with Crippen molar-refractivity contribution in [2.24, 2.45) is 0 Å². The normalized spacial score (nSPS) is 21.7. The van der Waals surface area contributed by atoms with Gasteiger partial charge in [-0.25, -0.2) is 17.5 Å². The number of hydrogen-bond acceptors (Lipinski definition) is 5. The van der Waals surface area contributed by atoms with Crippen molar-refractivity contribution >= 4 is 27.8 Å². The van der Waals surface area contributed by atoms with Crippen LogP contribution in [0.1, 0.15) is 47.4 Å². The predicted octanol–water partition coefficient (Wildman–Crippen LogP) is 0.929. The number of carboxylic acids is 1. The molecule has 0 aliphatic carbocycles. The Bertz CT molecular complexity index is 877. The summed E-state index contributed by atoms with van der Waals surface area (Å²) in [5.41, 5.74) is 0.0929. The minimum atomic E-state index is -4.01. The van der Waals surface area contributed by atoms with Gasteiger partial charge in [0.1, 0.15) is 10.9 Å². The van der Waals surface area contributed by atoms with Gasteiger partial charge in [-0.2, -0.15) is 0 Å². The monoisotopic (exact) mass is 366 g/mol. The zero-order valence-corrected chi connectivity index (χ0v) is 14.6. The van der Waals surface area contributed by atoms with Gasteiger partial charge in [-0.3, -0.25) is 9.59 Å². The average Bonchev–Trinajstić information content (AvgIpc) is 3.09. The molecular formula is C16H18N2O6S. The molecule has 0 spiro atoms. The maximum atomic E-state index is 12.6. The van der Waals surface area contributed by atoms with Crippen LogP contribution in [0.25, 0.3) is 0 Å². The molecule has 2 aliphatic heterocycles. The van der Waals surface area contributed by atoms with E-state index in [4.69, 9.17) is 0 Å². The minimum Gasteiger partial charge on any atom is -0.480 e. The lowest BCUT2D eigenvalue weighted by molar-refractivity contribution is -0.141. The Kier molecular flexibility index (Phi) is 4.06. The minimum absolute atomic E-state index is 0.0291. The van der Waals surface area contributed by atoms with Crippen LogP contribution in [0.15, 0.2) is 23.1 Å². The van der Waals surface area contributed by atoms with E-state index in [-0.39, 0.29) is 16.0 Å². The summed E-state index contributed by atoms with van der Waals surface area (Å²) in [5, 5.41) is 9.21. The number of likely N-dealkylation sites (tertiary alicyclic amines) is 1. The molecule has 2 aliphatic rings. The lowest BCUT2D eigenvalue weighted by Gasteiger charge is -2.21. The Morgan fingerprint density at radius 2 is 1.96 bits per heavy atom. The van der Waals surface area contributed by atoms with Crippen molar-refractivity contribution in [3.05, 3.63) is 29.3 Å². The van der Waals surface area contributed by atoms with Crippen molar-refractivity contribution in [1.29, 1.82) is 0 Å². The summed E-state index contributed by atoms with van der Waals surface area (Å²) in [7, 11) is -4.01. The van der Waals surface area contributed by atoms with Gasteiger partial charge >= 0.3 is 5.97 Å². The van der Waals surface area contributed by atoms with E-state index < -0.39 is 39.9 Å². The Hall–Kier alpha value is -2.42. The van der Waals surface area contributed by atoms with E-state index in [1.165, 1.54) is 23.1 Å². The largest absolute Gasteiger partial charge is 0.480 e. The maximum absolute atomic E-state index is 12.6. The molecule has 1 saturated heterocycles. The van der Waals surface area contributed by atoms with E-state index in [2.05, 4.69) is 0 Å². The van der Waals surface area contributed by atoms with Crippen LogP contribution in [0, 0.1) is 0 Å². The van der Waals surface area contributed by atoms with Gasteiger partial charge in [0.15, 0.2) is 0 Å². The summed E-state index contributed by atoms with van der Waals surface area (Å²) < 4.78 is 26.0. The molecule has 1 N–H and O–H groups in total. The molecule has 3 rings (SSSR count). The number of aliphatic carboxylic acids is 1. The Labute approximate surface area is 145 Å². The third-order valence-electron chi connectivity index (χ3n) is 4.46. The summed E-state index contributed by atoms with van der Waals surface area (Å²) in [6.07, 6.45) is 0.940. The number of carboxylic acid groups (broad SMARTS) is 1. The van der Waals surface area contributed by atoms with E-state index in [0.717, 1.165) is 4.31 Å². The zero-order valence-electron chi connectivity index (χ0n) is 13.8. The van der Waals surface area contributed by atoms with Crippen LogP contribution in [0.4, 0.5) is 0 Å². The molecule has 2 heterocycles. The highest BCUT2D eigenvalue weighted by Gasteiger charge is 2.43. The van der Waals surface area contributed by atoms with Gasteiger partial charge in [-0.05, 0) is 44.9 Å². The lowest BCUT2D eigenvalue weighted by atomic mass is 10.1. The molecule has 0 unspecified atom stereocenters. The Morgan fingerprint density at radius 1 is 1.28 bits per heavy atom. The fourth-order valence-electron chi connectivity index (χ4n) is 3.32. The molecule has 0 bridgehead atoms. The van der Waals surface area contributed by atoms with Crippen molar-refractivity contribution in [3.8, 4) is 0 Å². The molecule has 2 amide bonds. The SMILES string of the molecule is CC(C)N1C(=O)c2ccc(C(=O)N3CCC[C@@H]3C(=O)O)cc2S1(=O)=O. The average molecular weight is 366 g/mol. The number of amides is 2. The molecule has 1 aromatic carbocycles. The first-order valence-electron chi connectivity index (χ1n) is 7.93. The molecule has 9 heteroatoms. The smallest absolute Gasteiger partial charge is 0.326 e. The fourth-order valence-corrected chi connectivity index (χ4v) is 5.12. The fraction of sp³-hybridized carbons (Fsp3) is 0.438. The Balaban J connectivity index is 2.01. The third kappa shape index (κ3) is 2.58. The number of carbonyl (C=O) groups is 3. The maximum Gasteiger partial charge on any atom is 0.326 e. The second kappa shape index (κ2) is 5.83. The topological polar surface area (TPSA) is 112 Å². The number of fused-ring (bicyclic) bond motifs is 1. The molecule has 1 aromatic rings. The van der Waals surface area contributed by atoms with E-state index in [1.54, 1.807) is 13.8 Å². The summed E-state index contributed by atoms with van der Waals surface area (Å²) >= 11 is 0. The van der Waals surface area contributed by atoms with Gasteiger partial charge in [-0.1, -0.05) is 0 Å². The van der Waals surface area contributed by atoms with Crippen molar-refractivity contribution in [1.82, 2.24) is 9.21 Å². The van der Waals surface area contributed by atoms with E-state index in [0.29, 0.717) is 19.4 Å². The van der Waals surface area contributed by atoms with E-state index >= 15 is 0 Å². The first kappa shape index (κ1) is 17.4. The van der Waals surface area contributed by atoms with Gasteiger partial charge in [-0.15, -0.1) is 0 Å². The van der Waals surface area contributed by atoms with Gasteiger partial charge < -0.3 is 10.0 Å². The first-order chi connectivity index (χ1) is 11.7. The van der Waals surface area contributed by atoms with Crippen LogP contribution in [0.2, 0.25) is 0 Å². The number of sulfonamides is 1. The first-order valence-corrected chi connectivity index (χ1v) is 9.37. The summed E-state index contributed by atoms with van der Waals surface area (Å²) in [6.45, 7) is 3.49. The van der Waals surface area contributed by atoms with Crippen LogP contribution in [-0.2, 0) is 14.8 Å². The number of carbonyl (C=O) groups excluding carboxylic acids is 2. The van der Waals surface area contributed by atoms with Gasteiger partial charge in [0.05, 0.1) is 5.56 Å². The van der Waals surface area contributed by atoms with Crippen LogP contribution in [0.5, 0.6) is 0 Å². The quantitative estimate of drug-likeness (QED) is 0.852. The highest BCUT2D eigenvalue weighted by molar-refractivity contribution is 7.90. The second-order valence-electron chi connectivity index (χ2n) is 6.41. The molecule has 134 valence electrons. The molecule has 25 heavy (non-hydrogen) atoms. The van der Waals surface area contributed by atoms with Crippen LogP contribution in [0.3, 0.4) is 0 Å². The predicted molar refractivity (Wildman–Crippen MR) is 86.6 cm³/mol. The Morgan fingerprint density at radius 3 is 2.56 bits per heavy atom. The molecule has 0 saturated carbocycles. The van der Waals surface area contributed by atoms with Crippen LogP contribution in [-0.4, -0.2) is 59.1 Å². The molecule has 0 radical (unpaired) electrons. The summed E-state index contributed by atoms with van der Waals surface area (Å²) in [6, 6.07) is 2.40. The summed E-state index contributed by atoms with van der Waals surface area (Å²) in [4.78, 5) is 37.2. The lowest BCUT2D eigenvalue weighted by Crippen LogP contribution is -2.40. The summed E-state index contributed by atoms with van der Waals surface area (Å²) in [5.74, 6) is -2.24. The van der Waals surface area contributed by atoms with Gasteiger partial charge in [0.25, 0.3) is 21.8 Å². The van der Waals surface area contributed by atoms with E-state index in [1.807, 2.05) is 0 Å². The van der Waals surface area contributed by atoms with Gasteiger partial charge in [0, 0.05) is 18.2 Å². The molecule has 8 nitrogen and oxygen atoms in total. The van der Waals surface area contributed by atoms with Crippen molar-refractivity contribution in [3.63, 3.8) is 0 Å². The van der Waals surface area contributed by atoms with Crippen molar-refractivity contribution in [2.75, 3.05) is 6.54 Å². The van der Waals surface area contributed by atoms with Crippen molar-refractivity contribution in [2.45, 2.75) is 43.7 Å². The zero-order chi connectivity index (χ0) is 18.5. The number of hydrogen-bond donors (Lipinski definition) is 1. The standard InChI is InChI=1S/C16H18N2O6S/c1-9(2)18-15(20)11-6-5-10(8-13(11)25(18,23)24)14(19)17-7-3-4-12(17)16(21)22/h5-6,8-9,12H,3-4,7H2,1-2H3,(H,21,22)/t12-/m1/s1. The highest BCUT2D eigenvalue weighted by atomic mass is 32.2. The molecule has 1 atom stereocenters. The van der Waals surface area contributed by atoms with Crippen molar-refractivity contribution < 1.29 is 27.9 Å². The highest BCUT2D eigenvalue weighted by Crippen LogP contribution is 2.33. The third-order valence-corrected chi connectivity index (χ3v) is 6.46. The van der Waals surface area contributed by atoms with Crippen LogP contribution < -0.4 is 0 Å². The molecule has 0 aromatic heterocycles. The second-order valence-corrected chi connectivity index (χ2v) is 8.19. The number of nitrogens with zero attached hydrogens (tertiary/aromatic N) is 2.